The summed E-state index contributed by atoms with van der Waals surface area (Å²) in [4.78, 5) is 26.0. The van der Waals surface area contributed by atoms with Crippen molar-refractivity contribution in [2.45, 2.75) is 27.3 Å². The third kappa shape index (κ3) is 4.17. The lowest BCUT2D eigenvalue weighted by Crippen LogP contribution is -2.48. The zero-order valence-electron chi connectivity index (χ0n) is 14.9. The minimum atomic E-state index is 0.0457. The van der Waals surface area contributed by atoms with E-state index < -0.39 is 0 Å². The van der Waals surface area contributed by atoms with Crippen LogP contribution in [-0.2, 0) is 6.54 Å². The molecule has 2 aromatic rings. The van der Waals surface area contributed by atoms with Crippen LogP contribution in [-0.4, -0.2) is 51.9 Å². The highest BCUT2D eigenvalue weighted by Gasteiger charge is 2.23. The van der Waals surface area contributed by atoms with Crippen LogP contribution in [0.1, 0.15) is 33.1 Å². The number of aromatic nitrogens is 2. The molecule has 1 aromatic carbocycles. The second-order valence-electron chi connectivity index (χ2n) is 6.51. The predicted octanol–water partition coefficient (Wildman–Crippen LogP) is 3.01. The molecule has 0 unspecified atom stereocenters. The highest BCUT2D eigenvalue weighted by Crippen LogP contribution is 2.16. The van der Waals surface area contributed by atoms with E-state index in [1.165, 1.54) is 0 Å². The van der Waals surface area contributed by atoms with Gasteiger partial charge < -0.3 is 4.90 Å². The Morgan fingerprint density at radius 3 is 2.40 bits per heavy atom. The number of hydrogen-bond donors (Lipinski definition) is 0. The topological polar surface area (TPSA) is 49.3 Å². The van der Waals surface area contributed by atoms with Crippen molar-refractivity contribution in [2.24, 2.45) is 0 Å². The molecule has 0 radical (unpaired) electrons. The Bertz CT molecular complexity index is 785. The first-order valence-electron chi connectivity index (χ1n) is 8.52. The Balaban J connectivity index is 1.60. The Kier molecular flexibility index (Phi) is 5.35. The number of aryl methyl sites for hydroxylation is 3. The number of benzene rings is 1. The largest absolute Gasteiger partial charge is 0.336 e. The summed E-state index contributed by atoms with van der Waals surface area (Å²) in [6, 6.07) is 7.13. The van der Waals surface area contributed by atoms with E-state index in [1.54, 1.807) is 12.1 Å². The standard InChI is InChI=1S/C19H23ClN4O/c1-13-14(2)22-18(15(3)21-13)12-23-7-9-24(10-8-23)19(25)16-5-4-6-17(20)11-16/h4-6,11H,7-10,12H2,1-3H3. The SMILES string of the molecule is Cc1nc(C)c(CN2CCN(C(=O)c3cccc(Cl)c3)CC2)nc1C. The molecule has 6 heteroatoms. The first-order chi connectivity index (χ1) is 11.9. The molecule has 132 valence electrons. The molecule has 0 atom stereocenters. The number of carbonyl (C=O) groups excluding carboxylic acids is 1. The van der Waals surface area contributed by atoms with Crippen LogP contribution < -0.4 is 0 Å². The summed E-state index contributed by atoms with van der Waals surface area (Å²) < 4.78 is 0. The van der Waals surface area contributed by atoms with Crippen molar-refractivity contribution in [2.75, 3.05) is 26.2 Å². The van der Waals surface area contributed by atoms with E-state index in [0.29, 0.717) is 23.7 Å². The molecule has 1 aromatic heterocycles. The van der Waals surface area contributed by atoms with Crippen LogP contribution >= 0.6 is 11.6 Å². The van der Waals surface area contributed by atoms with Gasteiger partial charge in [-0.05, 0) is 39.0 Å². The van der Waals surface area contributed by atoms with Crippen LogP contribution in [0, 0.1) is 20.8 Å². The van der Waals surface area contributed by atoms with Crippen molar-refractivity contribution in [1.29, 1.82) is 0 Å². The molecular formula is C19H23ClN4O. The minimum absolute atomic E-state index is 0.0457. The molecule has 3 rings (SSSR count). The molecule has 0 spiro atoms. The van der Waals surface area contributed by atoms with Gasteiger partial charge in [0, 0.05) is 43.3 Å². The van der Waals surface area contributed by atoms with Gasteiger partial charge in [0.2, 0.25) is 0 Å². The molecule has 2 heterocycles. The molecule has 0 N–H and O–H groups in total. The fourth-order valence-corrected chi connectivity index (χ4v) is 3.23. The second-order valence-corrected chi connectivity index (χ2v) is 6.94. The molecule has 1 aliphatic rings. The first-order valence-corrected chi connectivity index (χ1v) is 8.90. The fraction of sp³-hybridized carbons (Fsp3) is 0.421. The van der Waals surface area contributed by atoms with E-state index in [9.17, 15) is 4.79 Å². The number of rotatable bonds is 3. The van der Waals surface area contributed by atoms with E-state index >= 15 is 0 Å². The molecular weight excluding hydrogens is 336 g/mol. The van der Waals surface area contributed by atoms with Gasteiger partial charge >= 0.3 is 0 Å². The van der Waals surface area contributed by atoms with Crippen molar-refractivity contribution >= 4 is 17.5 Å². The maximum atomic E-state index is 12.6. The van der Waals surface area contributed by atoms with Crippen LogP contribution in [0.2, 0.25) is 5.02 Å². The van der Waals surface area contributed by atoms with Gasteiger partial charge in [0.1, 0.15) is 0 Å². The van der Waals surface area contributed by atoms with Crippen LogP contribution in [0.25, 0.3) is 0 Å². The molecule has 1 amide bonds. The van der Waals surface area contributed by atoms with Gasteiger partial charge in [-0.1, -0.05) is 17.7 Å². The lowest BCUT2D eigenvalue weighted by molar-refractivity contribution is 0.0626. The fourth-order valence-electron chi connectivity index (χ4n) is 3.04. The zero-order valence-corrected chi connectivity index (χ0v) is 15.7. The summed E-state index contributed by atoms with van der Waals surface area (Å²) in [6.07, 6.45) is 0. The average molecular weight is 359 g/mol. The third-order valence-electron chi connectivity index (χ3n) is 4.68. The average Bonchev–Trinajstić information content (AvgIpc) is 2.60. The highest BCUT2D eigenvalue weighted by molar-refractivity contribution is 6.30. The lowest BCUT2D eigenvalue weighted by atomic mass is 10.1. The van der Waals surface area contributed by atoms with E-state index in [4.69, 9.17) is 11.6 Å². The Labute approximate surface area is 153 Å². The van der Waals surface area contributed by atoms with E-state index in [-0.39, 0.29) is 5.91 Å². The number of piperazine rings is 1. The number of hydrogen-bond acceptors (Lipinski definition) is 4. The highest BCUT2D eigenvalue weighted by atomic mass is 35.5. The summed E-state index contributed by atoms with van der Waals surface area (Å²) in [5, 5.41) is 0.591. The number of carbonyl (C=O) groups is 1. The predicted molar refractivity (Wildman–Crippen MR) is 98.9 cm³/mol. The van der Waals surface area contributed by atoms with Crippen molar-refractivity contribution < 1.29 is 4.79 Å². The van der Waals surface area contributed by atoms with Gasteiger partial charge in [0.15, 0.2) is 0 Å². The quantitative estimate of drug-likeness (QED) is 0.846. The number of nitrogens with zero attached hydrogens (tertiary/aromatic N) is 4. The van der Waals surface area contributed by atoms with Crippen LogP contribution in [0.4, 0.5) is 0 Å². The van der Waals surface area contributed by atoms with Crippen molar-refractivity contribution in [3.63, 3.8) is 0 Å². The monoisotopic (exact) mass is 358 g/mol. The Hall–Kier alpha value is -1.98. The first kappa shape index (κ1) is 17.8. The minimum Gasteiger partial charge on any atom is -0.336 e. The van der Waals surface area contributed by atoms with Gasteiger partial charge in [-0.2, -0.15) is 0 Å². The van der Waals surface area contributed by atoms with Gasteiger partial charge in [0.05, 0.1) is 22.8 Å². The second kappa shape index (κ2) is 7.50. The smallest absolute Gasteiger partial charge is 0.253 e. The zero-order chi connectivity index (χ0) is 18.0. The van der Waals surface area contributed by atoms with E-state index in [1.807, 2.05) is 37.8 Å². The van der Waals surface area contributed by atoms with Gasteiger partial charge in [0.25, 0.3) is 5.91 Å². The summed E-state index contributed by atoms with van der Waals surface area (Å²) in [7, 11) is 0. The summed E-state index contributed by atoms with van der Waals surface area (Å²) in [5.74, 6) is 0.0457. The lowest BCUT2D eigenvalue weighted by Gasteiger charge is -2.34. The third-order valence-corrected chi connectivity index (χ3v) is 4.92. The van der Waals surface area contributed by atoms with Gasteiger partial charge in [-0.15, -0.1) is 0 Å². The number of amides is 1. The molecule has 0 aliphatic carbocycles. The maximum absolute atomic E-state index is 12.6. The number of halogens is 1. The van der Waals surface area contributed by atoms with Gasteiger partial charge in [-0.25, -0.2) is 0 Å². The Morgan fingerprint density at radius 1 is 1.04 bits per heavy atom. The molecule has 0 saturated carbocycles. The summed E-state index contributed by atoms with van der Waals surface area (Å²) in [6.45, 7) is 9.85. The molecule has 25 heavy (non-hydrogen) atoms. The molecule has 1 saturated heterocycles. The summed E-state index contributed by atoms with van der Waals surface area (Å²) >= 11 is 5.99. The van der Waals surface area contributed by atoms with Crippen LogP contribution in [0.3, 0.4) is 0 Å². The van der Waals surface area contributed by atoms with Crippen molar-refractivity contribution in [3.8, 4) is 0 Å². The van der Waals surface area contributed by atoms with Crippen molar-refractivity contribution in [3.05, 3.63) is 57.6 Å². The molecule has 1 fully saturated rings. The Morgan fingerprint density at radius 2 is 1.72 bits per heavy atom. The van der Waals surface area contributed by atoms with Gasteiger partial charge in [-0.3, -0.25) is 19.7 Å². The molecule has 1 aliphatic heterocycles. The van der Waals surface area contributed by atoms with Crippen LogP contribution in [0.5, 0.6) is 0 Å². The molecule has 0 bridgehead atoms. The summed E-state index contributed by atoms with van der Waals surface area (Å²) in [5.41, 5.74) is 4.63. The maximum Gasteiger partial charge on any atom is 0.253 e. The van der Waals surface area contributed by atoms with E-state index in [2.05, 4.69) is 14.9 Å². The van der Waals surface area contributed by atoms with E-state index in [0.717, 1.165) is 42.4 Å². The van der Waals surface area contributed by atoms with Crippen LogP contribution in [0.15, 0.2) is 24.3 Å². The normalized spacial score (nSPS) is 15.4. The molecule has 5 nitrogen and oxygen atoms in total. The van der Waals surface area contributed by atoms with Crippen molar-refractivity contribution in [1.82, 2.24) is 19.8 Å².